The van der Waals surface area contributed by atoms with E-state index < -0.39 is 0 Å². The van der Waals surface area contributed by atoms with Crippen LogP contribution in [-0.4, -0.2) is 11.9 Å². The highest BCUT2D eigenvalue weighted by Crippen LogP contribution is 2.27. The van der Waals surface area contributed by atoms with Gasteiger partial charge in [-0.05, 0) is 63.1 Å². The predicted octanol–water partition coefficient (Wildman–Crippen LogP) is 4.19. The van der Waals surface area contributed by atoms with Crippen LogP contribution in [0.5, 0.6) is 0 Å². The molecule has 0 heterocycles. The standard InChI is InChI=1S/C16H24ClN/c1-12-3-4-13(2)15(9-12)11-18-10-14-5-7-16(17)8-6-14/h3-4,9,14,16,18H,5-8,10-11H2,1-2H3. The molecule has 0 aromatic heterocycles. The van der Waals surface area contributed by atoms with Crippen LogP contribution in [0.2, 0.25) is 0 Å². The lowest BCUT2D eigenvalue weighted by molar-refractivity contribution is 0.345. The normalized spacial score (nSPS) is 24.2. The average Bonchev–Trinajstić information content (AvgIpc) is 2.36. The van der Waals surface area contributed by atoms with Crippen LogP contribution in [0, 0.1) is 19.8 Å². The number of alkyl halides is 1. The summed E-state index contributed by atoms with van der Waals surface area (Å²) in [6.07, 6.45) is 4.96. The van der Waals surface area contributed by atoms with E-state index in [1.165, 1.54) is 42.4 Å². The Morgan fingerprint density at radius 1 is 1.17 bits per heavy atom. The molecular formula is C16H24ClN. The third-order valence-electron chi connectivity index (χ3n) is 4.03. The molecule has 0 unspecified atom stereocenters. The Morgan fingerprint density at radius 3 is 2.61 bits per heavy atom. The molecule has 0 amide bonds. The van der Waals surface area contributed by atoms with E-state index in [0.29, 0.717) is 5.38 Å². The second-order valence-electron chi connectivity index (χ2n) is 5.68. The first-order chi connectivity index (χ1) is 8.65. The van der Waals surface area contributed by atoms with Gasteiger partial charge in [0.25, 0.3) is 0 Å². The van der Waals surface area contributed by atoms with E-state index in [1.807, 2.05) is 0 Å². The Labute approximate surface area is 116 Å². The van der Waals surface area contributed by atoms with Crippen molar-refractivity contribution in [3.8, 4) is 0 Å². The van der Waals surface area contributed by atoms with E-state index in [-0.39, 0.29) is 0 Å². The molecule has 1 aliphatic rings. The molecule has 18 heavy (non-hydrogen) atoms. The van der Waals surface area contributed by atoms with E-state index in [4.69, 9.17) is 11.6 Å². The minimum Gasteiger partial charge on any atom is -0.312 e. The fraction of sp³-hybridized carbons (Fsp3) is 0.625. The number of rotatable bonds is 4. The summed E-state index contributed by atoms with van der Waals surface area (Å²) in [4.78, 5) is 0. The van der Waals surface area contributed by atoms with E-state index in [1.54, 1.807) is 0 Å². The molecule has 0 spiro atoms. The molecule has 100 valence electrons. The topological polar surface area (TPSA) is 12.0 Å². The lowest BCUT2D eigenvalue weighted by Crippen LogP contribution is -2.26. The Kier molecular flexibility index (Phi) is 5.08. The van der Waals surface area contributed by atoms with Crippen LogP contribution in [0.4, 0.5) is 0 Å². The van der Waals surface area contributed by atoms with Gasteiger partial charge in [-0.3, -0.25) is 0 Å². The first-order valence-corrected chi connectivity index (χ1v) is 7.49. The summed E-state index contributed by atoms with van der Waals surface area (Å²) in [7, 11) is 0. The van der Waals surface area contributed by atoms with Crippen molar-refractivity contribution in [3.63, 3.8) is 0 Å². The Morgan fingerprint density at radius 2 is 1.89 bits per heavy atom. The monoisotopic (exact) mass is 265 g/mol. The maximum Gasteiger partial charge on any atom is 0.0336 e. The molecule has 0 saturated heterocycles. The zero-order chi connectivity index (χ0) is 13.0. The van der Waals surface area contributed by atoms with Crippen LogP contribution in [0.15, 0.2) is 18.2 Å². The minimum absolute atomic E-state index is 0.431. The van der Waals surface area contributed by atoms with Crippen molar-refractivity contribution in [1.82, 2.24) is 5.32 Å². The molecule has 1 aliphatic carbocycles. The van der Waals surface area contributed by atoms with Crippen LogP contribution >= 0.6 is 11.6 Å². The van der Waals surface area contributed by atoms with Gasteiger partial charge in [-0.2, -0.15) is 0 Å². The van der Waals surface area contributed by atoms with Crippen molar-refractivity contribution in [2.45, 2.75) is 51.5 Å². The first kappa shape index (κ1) is 13.9. The third kappa shape index (κ3) is 4.00. The Hall–Kier alpha value is -0.530. The van der Waals surface area contributed by atoms with E-state index >= 15 is 0 Å². The summed E-state index contributed by atoms with van der Waals surface area (Å²) in [5, 5.41) is 4.04. The van der Waals surface area contributed by atoms with Gasteiger partial charge < -0.3 is 5.32 Å². The van der Waals surface area contributed by atoms with Crippen LogP contribution in [0.3, 0.4) is 0 Å². The zero-order valence-electron chi connectivity index (χ0n) is 11.5. The number of hydrogen-bond acceptors (Lipinski definition) is 1. The molecule has 1 aromatic rings. The van der Waals surface area contributed by atoms with Crippen LogP contribution in [-0.2, 0) is 6.54 Å². The highest BCUT2D eigenvalue weighted by Gasteiger charge is 2.18. The van der Waals surface area contributed by atoms with Crippen LogP contribution < -0.4 is 5.32 Å². The average molecular weight is 266 g/mol. The fourth-order valence-corrected chi connectivity index (χ4v) is 2.98. The highest BCUT2D eigenvalue weighted by molar-refractivity contribution is 6.20. The molecule has 2 heteroatoms. The summed E-state index contributed by atoms with van der Waals surface area (Å²) in [6, 6.07) is 6.68. The van der Waals surface area contributed by atoms with Crippen molar-refractivity contribution < 1.29 is 0 Å². The Balaban J connectivity index is 1.76. The van der Waals surface area contributed by atoms with Gasteiger partial charge >= 0.3 is 0 Å². The SMILES string of the molecule is Cc1ccc(C)c(CNCC2CCC(Cl)CC2)c1. The van der Waals surface area contributed by atoms with E-state index in [2.05, 4.69) is 37.4 Å². The van der Waals surface area contributed by atoms with Crippen molar-refractivity contribution in [1.29, 1.82) is 0 Å². The van der Waals surface area contributed by atoms with Gasteiger partial charge in [0.05, 0.1) is 0 Å². The maximum absolute atomic E-state index is 6.13. The highest BCUT2D eigenvalue weighted by atomic mass is 35.5. The number of aryl methyl sites for hydroxylation is 2. The van der Waals surface area contributed by atoms with Crippen molar-refractivity contribution >= 4 is 11.6 Å². The molecule has 1 N–H and O–H groups in total. The summed E-state index contributed by atoms with van der Waals surface area (Å²) in [5.41, 5.74) is 4.17. The number of benzene rings is 1. The maximum atomic E-state index is 6.13. The molecule has 0 radical (unpaired) electrons. The molecule has 1 saturated carbocycles. The number of nitrogens with one attached hydrogen (secondary N) is 1. The fourth-order valence-electron chi connectivity index (χ4n) is 2.73. The lowest BCUT2D eigenvalue weighted by Gasteiger charge is -2.25. The minimum atomic E-state index is 0.431. The number of halogens is 1. The molecule has 1 nitrogen and oxygen atoms in total. The van der Waals surface area contributed by atoms with Gasteiger partial charge in [-0.1, -0.05) is 23.8 Å². The quantitative estimate of drug-likeness (QED) is 0.805. The zero-order valence-corrected chi connectivity index (χ0v) is 12.3. The molecule has 1 fully saturated rings. The summed E-state index contributed by atoms with van der Waals surface area (Å²) in [6.45, 7) is 6.48. The van der Waals surface area contributed by atoms with Crippen LogP contribution in [0.1, 0.15) is 42.4 Å². The van der Waals surface area contributed by atoms with Gasteiger partial charge in [0, 0.05) is 11.9 Å². The smallest absolute Gasteiger partial charge is 0.0336 e. The predicted molar refractivity (Wildman–Crippen MR) is 79.2 cm³/mol. The van der Waals surface area contributed by atoms with E-state index in [9.17, 15) is 0 Å². The van der Waals surface area contributed by atoms with Gasteiger partial charge in [0.15, 0.2) is 0 Å². The van der Waals surface area contributed by atoms with E-state index in [0.717, 1.165) is 19.0 Å². The van der Waals surface area contributed by atoms with Gasteiger partial charge in [0.2, 0.25) is 0 Å². The third-order valence-corrected chi connectivity index (χ3v) is 4.47. The van der Waals surface area contributed by atoms with Gasteiger partial charge in [-0.15, -0.1) is 11.6 Å². The number of hydrogen-bond donors (Lipinski definition) is 1. The Bertz CT molecular complexity index is 381. The lowest BCUT2D eigenvalue weighted by atomic mass is 9.89. The largest absolute Gasteiger partial charge is 0.312 e. The molecule has 0 aliphatic heterocycles. The van der Waals surface area contributed by atoms with Crippen molar-refractivity contribution in [3.05, 3.63) is 34.9 Å². The molecule has 0 bridgehead atoms. The van der Waals surface area contributed by atoms with Crippen molar-refractivity contribution in [2.24, 2.45) is 5.92 Å². The first-order valence-electron chi connectivity index (χ1n) is 7.06. The molecule has 0 atom stereocenters. The molecule has 1 aromatic carbocycles. The molecular weight excluding hydrogens is 242 g/mol. The van der Waals surface area contributed by atoms with Gasteiger partial charge in [0.1, 0.15) is 0 Å². The summed E-state index contributed by atoms with van der Waals surface area (Å²) >= 11 is 6.13. The summed E-state index contributed by atoms with van der Waals surface area (Å²) < 4.78 is 0. The van der Waals surface area contributed by atoms with Gasteiger partial charge in [-0.25, -0.2) is 0 Å². The van der Waals surface area contributed by atoms with Crippen LogP contribution in [0.25, 0.3) is 0 Å². The van der Waals surface area contributed by atoms with Crippen molar-refractivity contribution in [2.75, 3.05) is 6.54 Å². The molecule has 2 rings (SSSR count). The second-order valence-corrected chi connectivity index (χ2v) is 6.30. The summed E-state index contributed by atoms with van der Waals surface area (Å²) in [5.74, 6) is 0.824. The second kappa shape index (κ2) is 6.58.